The molecule has 0 spiro atoms. The maximum Gasteiger partial charge on any atom is 0.261 e. The Kier molecular flexibility index (Phi) is 6.17. The highest BCUT2D eigenvalue weighted by Crippen LogP contribution is 2.18. The fourth-order valence-electron chi connectivity index (χ4n) is 2.32. The summed E-state index contributed by atoms with van der Waals surface area (Å²) in [4.78, 5) is 29.7. The van der Waals surface area contributed by atoms with Crippen LogP contribution in [0.1, 0.15) is 20.1 Å². The average molecular weight is 381 g/mol. The molecule has 0 aliphatic rings. The molecule has 3 aromatic rings. The number of nitrogens with one attached hydrogen (secondary N) is 2. The summed E-state index contributed by atoms with van der Waals surface area (Å²) < 4.78 is 5.71. The van der Waals surface area contributed by atoms with Crippen LogP contribution in [0.5, 0.6) is 5.75 Å². The number of amides is 2. The maximum atomic E-state index is 12.1. The number of hydrogen-bond acceptors (Lipinski definition) is 5. The lowest BCUT2D eigenvalue weighted by atomic mass is 10.3. The van der Waals surface area contributed by atoms with E-state index in [4.69, 9.17) is 4.74 Å². The zero-order valence-corrected chi connectivity index (χ0v) is 15.6. The molecule has 0 unspecified atom stereocenters. The van der Waals surface area contributed by atoms with Gasteiger partial charge in [-0.2, -0.15) is 0 Å². The van der Waals surface area contributed by atoms with Crippen molar-refractivity contribution in [2.24, 2.45) is 0 Å². The molecule has 0 aliphatic carbocycles. The SMILES string of the molecule is Cc1ccc(C(=O)NCC(=O)Nc2cccc(OCc3cccnc3)c2)s1. The van der Waals surface area contributed by atoms with Crippen molar-refractivity contribution in [2.75, 3.05) is 11.9 Å². The van der Waals surface area contributed by atoms with E-state index in [9.17, 15) is 9.59 Å². The molecule has 0 radical (unpaired) electrons. The predicted molar refractivity (Wildman–Crippen MR) is 105 cm³/mol. The minimum Gasteiger partial charge on any atom is -0.489 e. The number of anilines is 1. The van der Waals surface area contributed by atoms with Gasteiger partial charge in [0.2, 0.25) is 5.91 Å². The first-order chi connectivity index (χ1) is 13.1. The van der Waals surface area contributed by atoms with Gasteiger partial charge >= 0.3 is 0 Å². The number of rotatable bonds is 7. The highest BCUT2D eigenvalue weighted by Gasteiger charge is 2.10. The number of aromatic nitrogens is 1. The van der Waals surface area contributed by atoms with Gasteiger partial charge in [0.05, 0.1) is 11.4 Å². The molecule has 27 heavy (non-hydrogen) atoms. The maximum absolute atomic E-state index is 12.1. The van der Waals surface area contributed by atoms with Crippen molar-refractivity contribution in [3.05, 3.63) is 76.2 Å². The smallest absolute Gasteiger partial charge is 0.261 e. The Balaban J connectivity index is 1.49. The van der Waals surface area contributed by atoms with E-state index in [2.05, 4.69) is 15.6 Å². The zero-order valence-electron chi connectivity index (χ0n) is 14.8. The predicted octanol–water partition coefficient (Wildman–Crippen LogP) is 3.40. The van der Waals surface area contributed by atoms with E-state index in [1.165, 1.54) is 11.3 Å². The summed E-state index contributed by atoms with van der Waals surface area (Å²) in [6, 6.07) is 14.5. The molecule has 0 saturated heterocycles. The Labute approximate surface area is 161 Å². The zero-order chi connectivity index (χ0) is 19.1. The normalized spacial score (nSPS) is 10.3. The van der Waals surface area contributed by atoms with Gasteiger partial charge in [0.25, 0.3) is 5.91 Å². The molecule has 2 aromatic heterocycles. The van der Waals surface area contributed by atoms with E-state index < -0.39 is 0 Å². The average Bonchev–Trinajstić information content (AvgIpc) is 3.12. The molecule has 2 N–H and O–H groups in total. The Morgan fingerprint density at radius 1 is 1.15 bits per heavy atom. The fourth-order valence-corrected chi connectivity index (χ4v) is 3.11. The molecule has 6 nitrogen and oxygen atoms in total. The molecule has 0 atom stereocenters. The van der Waals surface area contributed by atoms with Gasteiger partial charge in [-0.1, -0.05) is 12.1 Å². The number of carbonyl (C=O) groups excluding carboxylic acids is 2. The van der Waals surface area contributed by atoms with Crippen LogP contribution >= 0.6 is 11.3 Å². The van der Waals surface area contributed by atoms with E-state index in [0.29, 0.717) is 22.9 Å². The molecule has 0 aliphatic heterocycles. The first-order valence-electron chi connectivity index (χ1n) is 8.36. The molecule has 0 bridgehead atoms. The Morgan fingerprint density at radius 2 is 2.04 bits per heavy atom. The topological polar surface area (TPSA) is 80.3 Å². The highest BCUT2D eigenvalue weighted by molar-refractivity contribution is 7.13. The van der Waals surface area contributed by atoms with E-state index in [0.717, 1.165) is 10.4 Å². The first kappa shape index (κ1) is 18.6. The van der Waals surface area contributed by atoms with Crippen molar-refractivity contribution in [2.45, 2.75) is 13.5 Å². The minimum absolute atomic E-state index is 0.101. The van der Waals surface area contributed by atoms with Gasteiger partial charge in [0, 0.05) is 34.6 Å². The van der Waals surface area contributed by atoms with Gasteiger partial charge < -0.3 is 15.4 Å². The third kappa shape index (κ3) is 5.65. The van der Waals surface area contributed by atoms with Gasteiger partial charge in [-0.25, -0.2) is 0 Å². The van der Waals surface area contributed by atoms with Crippen LogP contribution in [0.2, 0.25) is 0 Å². The van der Waals surface area contributed by atoms with E-state index in [-0.39, 0.29) is 18.4 Å². The molecule has 1 aromatic carbocycles. The van der Waals surface area contributed by atoms with E-state index >= 15 is 0 Å². The van der Waals surface area contributed by atoms with Crippen molar-refractivity contribution in [3.63, 3.8) is 0 Å². The summed E-state index contributed by atoms with van der Waals surface area (Å²) in [5, 5.41) is 5.36. The van der Waals surface area contributed by atoms with Crippen LogP contribution in [-0.2, 0) is 11.4 Å². The number of ether oxygens (including phenoxy) is 1. The number of nitrogens with zero attached hydrogens (tertiary/aromatic N) is 1. The van der Waals surface area contributed by atoms with Crippen molar-refractivity contribution in [3.8, 4) is 5.75 Å². The van der Waals surface area contributed by atoms with Crippen LogP contribution in [0.25, 0.3) is 0 Å². The Hall–Kier alpha value is -3.19. The first-order valence-corrected chi connectivity index (χ1v) is 9.18. The van der Waals surface area contributed by atoms with Crippen LogP contribution < -0.4 is 15.4 Å². The van der Waals surface area contributed by atoms with Crippen molar-refractivity contribution >= 4 is 28.8 Å². The molecule has 3 rings (SSSR count). The highest BCUT2D eigenvalue weighted by atomic mass is 32.1. The largest absolute Gasteiger partial charge is 0.489 e. The van der Waals surface area contributed by atoms with Gasteiger partial charge in [-0.05, 0) is 37.3 Å². The van der Waals surface area contributed by atoms with E-state index in [1.807, 2.05) is 31.2 Å². The fraction of sp³-hybridized carbons (Fsp3) is 0.150. The quantitative estimate of drug-likeness (QED) is 0.657. The molecule has 2 heterocycles. The second kappa shape index (κ2) is 8.95. The minimum atomic E-state index is -0.305. The van der Waals surface area contributed by atoms with Crippen molar-refractivity contribution in [1.82, 2.24) is 10.3 Å². The number of pyridine rings is 1. The Morgan fingerprint density at radius 3 is 2.78 bits per heavy atom. The molecular formula is C20H19N3O3S. The summed E-state index contributed by atoms with van der Waals surface area (Å²) in [7, 11) is 0. The molecule has 2 amide bonds. The standard InChI is InChI=1S/C20H19N3O3S/c1-14-7-8-18(27-14)20(25)22-12-19(24)23-16-5-2-6-17(10-16)26-13-15-4-3-9-21-11-15/h2-11H,12-13H2,1H3,(H,22,25)(H,23,24). The second-order valence-electron chi connectivity index (χ2n) is 5.82. The number of thiophene rings is 1. The van der Waals surface area contributed by atoms with Gasteiger partial charge in [-0.3, -0.25) is 14.6 Å². The van der Waals surface area contributed by atoms with Crippen molar-refractivity contribution in [1.29, 1.82) is 0 Å². The summed E-state index contributed by atoms with van der Waals surface area (Å²) in [5.41, 5.74) is 1.56. The number of benzene rings is 1. The molecule has 138 valence electrons. The third-order valence-electron chi connectivity index (χ3n) is 3.62. The van der Waals surface area contributed by atoms with Crippen LogP contribution in [-0.4, -0.2) is 23.3 Å². The van der Waals surface area contributed by atoms with E-state index in [1.54, 1.807) is 36.7 Å². The lowest BCUT2D eigenvalue weighted by Gasteiger charge is -2.09. The van der Waals surface area contributed by atoms with Crippen LogP contribution in [0.15, 0.2) is 60.9 Å². The summed E-state index contributed by atoms with van der Waals surface area (Å²) in [6.45, 7) is 2.22. The molecular weight excluding hydrogens is 362 g/mol. The number of carbonyl (C=O) groups is 2. The van der Waals surface area contributed by atoms with Crippen LogP contribution in [0.3, 0.4) is 0 Å². The monoisotopic (exact) mass is 381 g/mol. The molecule has 0 saturated carbocycles. The van der Waals surface area contributed by atoms with Crippen molar-refractivity contribution < 1.29 is 14.3 Å². The lowest BCUT2D eigenvalue weighted by molar-refractivity contribution is -0.115. The molecule has 7 heteroatoms. The lowest BCUT2D eigenvalue weighted by Crippen LogP contribution is -2.32. The summed E-state index contributed by atoms with van der Waals surface area (Å²) in [5.74, 6) is 0.0765. The number of hydrogen-bond donors (Lipinski definition) is 2. The van der Waals surface area contributed by atoms with Gasteiger partial charge in [-0.15, -0.1) is 11.3 Å². The third-order valence-corrected chi connectivity index (χ3v) is 4.62. The van der Waals surface area contributed by atoms with Crippen LogP contribution in [0.4, 0.5) is 5.69 Å². The second-order valence-corrected chi connectivity index (χ2v) is 7.11. The number of aryl methyl sites for hydroxylation is 1. The molecule has 0 fully saturated rings. The van der Waals surface area contributed by atoms with Crippen LogP contribution in [0, 0.1) is 6.92 Å². The summed E-state index contributed by atoms with van der Waals surface area (Å²) >= 11 is 1.39. The summed E-state index contributed by atoms with van der Waals surface area (Å²) in [6.07, 6.45) is 3.45. The Bertz CT molecular complexity index is 925. The van der Waals surface area contributed by atoms with Gasteiger partial charge in [0.15, 0.2) is 0 Å². The van der Waals surface area contributed by atoms with Gasteiger partial charge in [0.1, 0.15) is 12.4 Å².